The van der Waals surface area contributed by atoms with Crippen molar-refractivity contribution in [3.05, 3.63) is 166 Å². The Morgan fingerprint density at radius 2 is 0.735 bits per heavy atom. The third kappa shape index (κ3) is 7.92. The van der Waals surface area contributed by atoms with Gasteiger partial charge in [-0.1, -0.05) is 126 Å². The fourth-order valence-electron chi connectivity index (χ4n) is 9.66. The predicted molar refractivity (Wildman–Crippen MR) is 275 cm³/mol. The molecule has 7 heteroatoms. The number of hydrogen-bond acceptors (Lipinski definition) is 2. The molecular formula is C61H57F3N4. The van der Waals surface area contributed by atoms with Crippen LogP contribution in [0.1, 0.15) is 122 Å². The van der Waals surface area contributed by atoms with E-state index in [4.69, 9.17) is 0 Å². The lowest BCUT2D eigenvalue weighted by Gasteiger charge is -2.22. The number of nitrogens with zero attached hydrogens (tertiary/aromatic N) is 4. The fourth-order valence-corrected chi connectivity index (χ4v) is 9.66. The highest BCUT2D eigenvalue weighted by Gasteiger charge is 2.35. The molecule has 0 atom stereocenters. The number of fused-ring (bicyclic) bond motifs is 6. The van der Waals surface area contributed by atoms with Crippen LogP contribution in [-0.2, 0) is 27.8 Å². The van der Waals surface area contributed by atoms with E-state index in [1.165, 1.54) is 23.3 Å². The molecule has 0 bridgehead atoms. The van der Waals surface area contributed by atoms with Crippen LogP contribution in [0.3, 0.4) is 0 Å². The summed E-state index contributed by atoms with van der Waals surface area (Å²) in [5.41, 5.74) is 10.7. The van der Waals surface area contributed by atoms with Crippen LogP contribution >= 0.6 is 0 Å². The second-order valence-corrected chi connectivity index (χ2v) is 22.5. The Morgan fingerprint density at radius 3 is 1.12 bits per heavy atom. The van der Waals surface area contributed by atoms with E-state index in [1.807, 2.05) is 36.4 Å². The molecular weight excluding hydrogens is 846 g/mol. The van der Waals surface area contributed by atoms with Gasteiger partial charge in [0.2, 0.25) is 0 Å². The van der Waals surface area contributed by atoms with Crippen molar-refractivity contribution in [2.75, 3.05) is 0 Å². The van der Waals surface area contributed by atoms with Crippen molar-refractivity contribution in [1.29, 1.82) is 10.5 Å². The number of alkyl halides is 3. The summed E-state index contributed by atoms with van der Waals surface area (Å²) in [6, 6.07) is 45.7. The van der Waals surface area contributed by atoms with Gasteiger partial charge in [0.15, 0.2) is 0 Å². The van der Waals surface area contributed by atoms with Crippen LogP contribution in [0.5, 0.6) is 0 Å². The van der Waals surface area contributed by atoms with Crippen molar-refractivity contribution in [1.82, 2.24) is 9.13 Å². The van der Waals surface area contributed by atoms with Crippen LogP contribution in [0.2, 0.25) is 0 Å². The summed E-state index contributed by atoms with van der Waals surface area (Å²) in [5, 5.41) is 24.5. The molecule has 0 saturated carbocycles. The third-order valence-corrected chi connectivity index (χ3v) is 13.7. The summed E-state index contributed by atoms with van der Waals surface area (Å²) in [6.45, 7) is 26.5. The van der Waals surface area contributed by atoms with E-state index in [0.29, 0.717) is 16.8 Å². The molecule has 0 aliphatic rings. The molecule has 0 saturated heterocycles. The Kier molecular flexibility index (Phi) is 10.7. The average Bonchev–Trinajstić information content (AvgIpc) is 3.78. The lowest BCUT2D eigenvalue weighted by atomic mass is 9.85. The monoisotopic (exact) mass is 902 g/mol. The first-order valence-corrected chi connectivity index (χ1v) is 23.3. The molecule has 0 aliphatic heterocycles. The van der Waals surface area contributed by atoms with Crippen molar-refractivity contribution in [2.24, 2.45) is 0 Å². The largest absolute Gasteiger partial charge is 0.417 e. The summed E-state index contributed by atoms with van der Waals surface area (Å²) >= 11 is 0. The summed E-state index contributed by atoms with van der Waals surface area (Å²) in [7, 11) is 0. The molecule has 9 rings (SSSR count). The third-order valence-electron chi connectivity index (χ3n) is 13.7. The van der Waals surface area contributed by atoms with Gasteiger partial charge in [-0.2, -0.15) is 23.7 Å². The van der Waals surface area contributed by atoms with Gasteiger partial charge in [-0.25, -0.2) is 0 Å². The number of nitriles is 2. The minimum atomic E-state index is -4.73. The molecule has 2 aromatic heterocycles. The highest BCUT2D eigenvalue weighted by Crippen LogP contribution is 2.46. The van der Waals surface area contributed by atoms with Gasteiger partial charge in [-0.15, -0.1) is 0 Å². The highest BCUT2D eigenvalue weighted by atomic mass is 19.4. The number of benzene rings is 7. The first kappa shape index (κ1) is 46.0. The molecule has 0 aliphatic carbocycles. The quantitative estimate of drug-likeness (QED) is 0.177. The number of halogens is 3. The maximum absolute atomic E-state index is 15.0. The van der Waals surface area contributed by atoms with Crippen molar-refractivity contribution in [3.63, 3.8) is 0 Å². The van der Waals surface area contributed by atoms with Gasteiger partial charge in [-0.05, 0) is 140 Å². The molecule has 0 fully saturated rings. The van der Waals surface area contributed by atoms with Gasteiger partial charge in [0.25, 0.3) is 0 Å². The van der Waals surface area contributed by atoms with Crippen LogP contribution in [0.25, 0.3) is 77.2 Å². The topological polar surface area (TPSA) is 57.4 Å². The Bertz CT molecular complexity index is 3470. The highest BCUT2D eigenvalue weighted by molar-refractivity contribution is 6.12. The summed E-state index contributed by atoms with van der Waals surface area (Å²) in [5.74, 6) is 0. The zero-order valence-corrected chi connectivity index (χ0v) is 41.0. The summed E-state index contributed by atoms with van der Waals surface area (Å²) in [4.78, 5) is 0. The van der Waals surface area contributed by atoms with Gasteiger partial charge < -0.3 is 9.13 Å². The van der Waals surface area contributed by atoms with Gasteiger partial charge >= 0.3 is 6.18 Å². The molecule has 342 valence electrons. The van der Waals surface area contributed by atoms with Gasteiger partial charge in [0, 0.05) is 32.7 Å². The average molecular weight is 903 g/mol. The second-order valence-electron chi connectivity index (χ2n) is 22.5. The minimum Gasteiger partial charge on any atom is -0.309 e. The van der Waals surface area contributed by atoms with Crippen LogP contribution in [0, 0.1) is 22.7 Å². The minimum absolute atomic E-state index is 0.0344. The Balaban J connectivity index is 1.44. The first-order valence-electron chi connectivity index (χ1n) is 23.3. The first-order chi connectivity index (χ1) is 31.8. The van der Waals surface area contributed by atoms with Gasteiger partial charge in [-0.3, -0.25) is 0 Å². The molecule has 0 amide bonds. The Hall–Kier alpha value is -7.09. The number of rotatable bonds is 4. The van der Waals surface area contributed by atoms with Crippen molar-refractivity contribution in [2.45, 2.75) is 111 Å². The molecule has 0 radical (unpaired) electrons. The van der Waals surface area contributed by atoms with Crippen molar-refractivity contribution < 1.29 is 13.2 Å². The van der Waals surface area contributed by atoms with E-state index in [1.54, 1.807) is 6.07 Å². The van der Waals surface area contributed by atoms with Crippen LogP contribution < -0.4 is 0 Å². The molecule has 68 heavy (non-hydrogen) atoms. The lowest BCUT2D eigenvalue weighted by Crippen LogP contribution is -2.10. The van der Waals surface area contributed by atoms with E-state index < -0.39 is 11.7 Å². The molecule has 7 aromatic carbocycles. The van der Waals surface area contributed by atoms with E-state index in [2.05, 4.69) is 171 Å². The molecule has 0 N–H and O–H groups in total. The van der Waals surface area contributed by atoms with Crippen molar-refractivity contribution >= 4 is 43.6 Å². The SMILES string of the molecule is CC(C)(C)c1ccc2c(c1)c1cc(C(C)(C)C)ccc1n2-c1ccc(C#N)cc1-c1ccc(-c2ccc(C#N)cc2C(F)(F)F)cc1-n1c2ccc(C(C)(C)C)cc2c2cc(C(C)(C)C)ccc21. The fraction of sp³-hybridized carbons (Fsp3) is 0.279. The summed E-state index contributed by atoms with van der Waals surface area (Å²) in [6.07, 6.45) is -4.73. The maximum atomic E-state index is 15.0. The normalized spacial score (nSPS) is 12.9. The second kappa shape index (κ2) is 15.7. The molecule has 2 heterocycles. The summed E-state index contributed by atoms with van der Waals surface area (Å²) < 4.78 is 49.6. The number of aromatic nitrogens is 2. The van der Waals surface area contributed by atoms with Crippen molar-refractivity contribution in [3.8, 4) is 45.8 Å². The van der Waals surface area contributed by atoms with E-state index >= 15 is 13.2 Å². The zero-order chi connectivity index (χ0) is 49.0. The van der Waals surface area contributed by atoms with Crippen LogP contribution in [-0.4, -0.2) is 9.13 Å². The Morgan fingerprint density at radius 1 is 0.368 bits per heavy atom. The Labute approximate surface area is 397 Å². The standard InChI is InChI=1S/C61H57F3N4/c1-57(2,3)39-16-23-52-46(30-39)47-31-40(58(4,5)6)17-24-53(47)67(52)51-22-14-36(34-65)27-45(51)44-21-15-38(43-20-13-37(35-66)28-50(43)61(62,63)64)29-56(44)68-54-25-18-41(59(7,8)9)32-48(54)49-33-42(60(10,11)12)19-26-55(49)68/h13-33H,1-12H3. The smallest absolute Gasteiger partial charge is 0.309 e. The molecule has 4 nitrogen and oxygen atoms in total. The van der Waals surface area contributed by atoms with E-state index in [-0.39, 0.29) is 32.8 Å². The van der Waals surface area contributed by atoms with Crippen LogP contribution in [0.15, 0.2) is 127 Å². The van der Waals surface area contributed by atoms with Gasteiger partial charge in [0.05, 0.1) is 62.3 Å². The van der Waals surface area contributed by atoms with Crippen LogP contribution in [0.4, 0.5) is 13.2 Å². The predicted octanol–water partition coefficient (Wildman–Crippen LogP) is 17.2. The molecule has 9 aromatic rings. The van der Waals surface area contributed by atoms with Gasteiger partial charge in [0.1, 0.15) is 0 Å². The zero-order valence-electron chi connectivity index (χ0n) is 41.0. The van der Waals surface area contributed by atoms with E-state index in [9.17, 15) is 10.5 Å². The lowest BCUT2D eigenvalue weighted by molar-refractivity contribution is -0.137. The maximum Gasteiger partial charge on any atom is 0.417 e. The number of hydrogen-bond donors (Lipinski definition) is 0. The molecule has 0 unspecified atom stereocenters. The van der Waals surface area contributed by atoms with E-state index in [0.717, 1.165) is 77.6 Å². The molecule has 0 spiro atoms.